The van der Waals surface area contributed by atoms with Gasteiger partial charge in [-0.05, 0) is 24.3 Å². The molecule has 0 aliphatic carbocycles. The molecular weight excluding hydrogens is 369 g/mol. The van der Waals surface area contributed by atoms with Crippen LogP contribution >= 0.6 is 11.6 Å². The van der Waals surface area contributed by atoms with Crippen molar-refractivity contribution in [3.8, 4) is 5.75 Å². The van der Waals surface area contributed by atoms with Gasteiger partial charge in [0.25, 0.3) is 11.6 Å². The Morgan fingerprint density at radius 2 is 2.12 bits per heavy atom. The topological polar surface area (TPSA) is 102 Å². The Morgan fingerprint density at radius 3 is 2.81 bits per heavy atom. The highest BCUT2D eigenvalue weighted by atomic mass is 35.5. The zero-order chi connectivity index (χ0) is 18.8. The molecule has 0 atom stereocenters. The molecule has 0 radical (unpaired) electrons. The number of hydrogen-bond acceptors (Lipinski definition) is 5. The Kier molecular flexibility index (Phi) is 4.72. The smallest absolute Gasteiger partial charge is 0.271 e. The van der Waals surface area contributed by atoms with E-state index in [-0.39, 0.29) is 34.4 Å². The number of rotatable bonds is 4. The summed E-state index contributed by atoms with van der Waals surface area (Å²) in [6.07, 6.45) is 0. The Balaban J connectivity index is 1.81. The van der Waals surface area contributed by atoms with Gasteiger partial charge in [0.2, 0.25) is 5.91 Å². The second-order valence-electron chi connectivity index (χ2n) is 5.35. The normalized spacial score (nSPS) is 13.0. The van der Waals surface area contributed by atoms with E-state index in [1.807, 2.05) is 0 Å². The fourth-order valence-corrected chi connectivity index (χ4v) is 2.58. The number of anilines is 2. The summed E-state index contributed by atoms with van der Waals surface area (Å²) in [6, 6.07) is 7.41. The SMILES string of the molecule is O=C(CN1C(=O)COc2ccc([N+](=O)[O-])cc21)Nc1ccc(F)c(Cl)c1. The molecule has 2 aromatic rings. The number of benzene rings is 2. The summed E-state index contributed by atoms with van der Waals surface area (Å²) >= 11 is 5.66. The summed E-state index contributed by atoms with van der Waals surface area (Å²) < 4.78 is 18.4. The predicted molar refractivity (Wildman–Crippen MR) is 91.0 cm³/mol. The minimum atomic E-state index is -0.630. The first-order chi connectivity index (χ1) is 12.3. The Hall–Kier alpha value is -3.20. The van der Waals surface area contributed by atoms with Crippen molar-refractivity contribution in [1.82, 2.24) is 0 Å². The average molecular weight is 380 g/mol. The first-order valence-corrected chi connectivity index (χ1v) is 7.69. The molecule has 10 heteroatoms. The van der Waals surface area contributed by atoms with Crippen molar-refractivity contribution in [2.45, 2.75) is 0 Å². The van der Waals surface area contributed by atoms with Crippen LogP contribution in [0.2, 0.25) is 5.02 Å². The van der Waals surface area contributed by atoms with Crippen molar-refractivity contribution in [2.75, 3.05) is 23.4 Å². The average Bonchev–Trinajstić information content (AvgIpc) is 2.60. The number of hydrogen-bond donors (Lipinski definition) is 1. The van der Waals surface area contributed by atoms with Gasteiger partial charge in [-0.25, -0.2) is 4.39 Å². The second kappa shape index (κ2) is 6.96. The summed E-state index contributed by atoms with van der Waals surface area (Å²) in [5.74, 6) is -1.48. The number of nitro groups is 1. The highest BCUT2D eigenvalue weighted by Gasteiger charge is 2.29. The summed E-state index contributed by atoms with van der Waals surface area (Å²) in [5, 5.41) is 13.3. The Labute approximate surface area is 151 Å². The van der Waals surface area contributed by atoms with Gasteiger partial charge in [-0.1, -0.05) is 11.6 Å². The maximum Gasteiger partial charge on any atom is 0.271 e. The lowest BCUT2D eigenvalue weighted by atomic mass is 10.2. The van der Waals surface area contributed by atoms with E-state index in [2.05, 4.69) is 5.32 Å². The number of ether oxygens (including phenoxy) is 1. The highest BCUT2D eigenvalue weighted by Crippen LogP contribution is 2.35. The summed E-state index contributed by atoms with van der Waals surface area (Å²) in [7, 11) is 0. The van der Waals surface area contributed by atoms with Crippen LogP contribution in [0.5, 0.6) is 5.75 Å². The van der Waals surface area contributed by atoms with Crippen molar-refractivity contribution in [3.05, 3.63) is 57.4 Å². The van der Waals surface area contributed by atoms with Gasteiger partial charge in [0.05, 0.1) is 15.6 Å². The Bertz CT molecular complexity index is 921. The van der Waals surface area contributed by atoms with Gasteiger partial charge in [-0.15, -0.1) is 0 Å². The van der Waals surface area contributed by atoms with Crippen molar-refractivity contribution in [3.63, 3.8) is 0 Å². The molecule has 0 aromatic heterocycles. The highest BCUT2D eigenvalue weighted by molar-refractivity contribution is 6.31. The van der Waals surface area contributed by atoms with Gasteiger partial charge in [0.15, 0.2) is 6.61 Å². The lowest BCUT2D eigenvalue weighted by Gasteiger charge is -2.28. The van der Waals surface area contributed by atoms with Gasteiger partial charge >= 0.3 is 0 Å². The van der Waals surface area contributed by atoms with Crippen LogP contribution in [0, 0.1) is 15.9 Å². The lowest BCUT2D eigenvalue weighted by Crippen LogP contribution is -2.43. The number of amides is 2. The number of nitrogens with zero attached hydrogens (tertiary/aromatic N) is 2. The largest absolute Gasteiger partial charge is 0.482 e. The minimum absolute atomic E-state index is 0.128. The van der Waals surface area contributed by atoms with Crippen LogP contribution in [0.25, 0.3) is 0 Å². The van der Waals surface area contributed by atoms with Gasteiger partial charge in [-0.3, -0.25) is 24.6 Å². The summed E-state index contributed by atoms with van der Waals surface area (Å²) in [4.78, 5) is 35.8. The van der Waals surface area contributed by atoms with Gasteiger partial charge in [0, 0.05) is 17.8 Å². The fourth-order valence-electron chi connectivity index (χ4n) is 2.40. The number of carbonyl (C=O) groups is 2. The zero-order valence-corrected chi connectivity index (χ0v) is 13.8. The molecule has 26 heavy (non-hydrogen) atoms. The Morgan fingerprint density at radius 1 is 1.35 bits per heavy atom. The maximum atomic E-state index is 13.2. The van der Waals surface area contributed by atoms with Gasteiger partial charge in [0.1, 0.15) is 18.1 Å². The van der Waals surface area contributed by atoms with E-state index in [1.165, 1.54) is 24.3 Å². The van der Waals surface area contributed by atoms with E-state index in [0.717, 1.165) is 17.0 Å². The van der Waals surface area contributed by atoms with Crippen molar-refractivity contribution < 1.29 is 23.6 Å². The van der Waals surface area contributed by atoms with Crippen LogP contribution in [-0.4, -0.2) is 29.9 Å². The van der Waals surface area contributed by atoms with Crippen LogP contribution in [0.4, 0.5) is 21.5 Å². The molecule has 8 nitrogen and oxygen atoms in total. The van der Waals surface area contributed by atoms with E-state index in [1.54, 1.807) is 0 Å². The van der Waals surface area contributed by atoms with E-state index in [0.29, 0.717) is 0 Å². The monoisotopic (exact) mass is 379 g/mol. The molecule has 0 fully saturated rings. The van der Waals surface area contributed by atoms with Crippen LogP contribution < -0.4 is 15.0 Å². The van der Waals surface area contributed by atoms with E-state index in [4.69, 9.17) is 16.3 Å². The minimum Gasteiger partial charge on any atom is -0.482 e. The molecule has 0 saturated heterocycles. The van der Waals surface area contributed by atoms with Crippen LogP contribution in [0.1, 0.15) is 0 Å². The molecular formula is C16H11ClFN3O5. The third-order valence-electron chi connectivity index (χ3n) is 3.60. The van der Waals surface area contributed by atoms with Gasteiger partial charge < -0.3 is 10.1 Å². The van der Waals surface area contributed by atoms with Gasteiger partial charge in [-0.2, -0.15) is 0 Å². The first kappa shape index (κ1) is 17.6. The molecule has 1 aliphatic heterocycles. The molecule has 1 aliphatic rings. The van der Waals surface area contributed by atoms with Crippen LogP contribution in [0.3, 0.4) is 0 Å². The summed E-state index contributed by atoms with van der Waals surface area (Å²) in [5.41, 5.74) is 0.141. The standard InChI is InChI=1S/C16H11ClFN3O5/c17-11-5-9(1-3-12(11)18)19-15(22)7-20-13-6-10(21(24)25)2-4-14(13)26-8-16(20)23/h1-6H,7-8H2,(H,19,22). The molecule has 0 unspecified atom stereocenters. The quantitative estimate of drug-likeness (QED) is 0.650. The van der Waals surface area contributed by atoms with Crippen LogP contribution in [-0.2, 0) is 9.59 Å². The van der Waals surface area contributed by atoms with E-state index >= 15 is 0 Å². The molecule has 0 saturated carbocycles. The summed E-state index contributed by atoms with van der Waals surface area (Å²) in [6.45, 7) is -0.689. The third-order valence-corrected chi connectivity index (χ3v) is 3.89. The number of nitro benzene ring substituents is 1. The first-order valence-electron chi connectivity index (χ1n) is 7.31. The van der Waals surface area contributed by atoms with E-state index in [9.17, 15) is 24.1 Å². The van der Waals surface area contributed by atoms with E-state index < -0.39 is 29.1 Å². The number of carbonyl (C=O) groups excluding carboxylic acids is 2. The molecule has 2 aromatic carbocycles. The molecule has 134 valence electrons. The fraction of sp³-hybridized carbons (Fsp3) is 0.125. The predicted octanol–water partition coefficient (Wildman–Crippen LogP) is 2.75. The number of fused-ring (bicyclic) bond motifs is 1. The third kappa shape index (κ3) is 3.57. The van der Waals surface area contributed by atoms with Crippen molar-refractivity contribution in [2.24, 2.45) is 0 Å². The molecule has 1 N–H and O–H groups in total. The molecule has 2 amide bonds. The second-order valence-corrected chi connectivity index (χ2v) is 5.76. The number of non-ortho nitro benzene ring substituents is 1. The molecule has 0 bridgehead atoms. The molecule has 3 rings (SSSR count). The van der Waals surface area contributed by atoms with Crippen molar-refractivity contribution in [1.29, 1.82) is 0 Å². The zero-order valence-electron chi connectivity index (χ0n) is 13.1. The molecule has 1 heterocycles. The maximum absolute atomic E-state index is 13.2. The number of nitrogens with one attached hydrogen (secondary N) is 1. The van der Waals surface area contributed by atoms with Crippen molar-refractivity contribution >= 4 is 40.5 Å². The molecule has 0 spiro atoms. The van der Waals surface area contributed by atoms with Crippen LogP contribution in [0.15, 0.2) is 36.4 Å². The lowest BCUT2D eigenvalue weighted by molar-refractivity contribution is -0.384. The number of halogens is 2.